The number of amides is 1. The Labute approximate surface area is 184 Å². The second-order valence-corrected chi connectivity index (χ2v) is 7.82. The van der Waals surface area contributed by atoms with Crippen molar-refractivity contribution in [2.24, 2.45) is 5.10 Å². The maximum atomic E-state index is 13.3. The standard InChI is InChI=1S/C24H21BrN2O3/c1-29-22-13-10-18(14-23(22)30-2)21-15-20(16-8-11-19(25)12-9-16)26-27(21)24(28)17-6-4-3-5-7-17/h3-14,21H,15H2,1-2H3/t21-/m0/s1. The largest absolute Gasteiger partial charge is 0.493 e. The maximum Gasteiger partial charge on any atom is 0.274 e. The summed E-state index contributed by atoms with van der Waals surface area (Å²) in [5.41, 5.74) is 3.40. The highest BCUT2D eigenvalue weighted by molar-refractivity contribution is 9.10. The lowest BCUT2D eigenvalue weighted by Crippen LogP contribution is -2.27. The summed E-state index contributed by atoms with van der Waals surface area (Å²) < 4.78 is 11.8. The molecular formula is C24H21BrN2O3. The molecule has 152 valence electrons. The van der Waals surface area contributed by atoms with Gasteiger partial charge in [-0.05, 0) is 47.5 Å². The van der Waals surface area contributed by atoms with E-state index in [0.717, 1.165) is 21.3 Å². The number of carbonyl (C=O) groups is 1. The first-order chi connectivity index (χ1) is 14.6. The van der Waals surface area contributed by atoms with E-state index < -0.39 is 0 Å². The highest BCUT2D eigenvalue weighted by atomic mass is 79.9. The molecule has 3 aromatic carbocycles. The zero-order chi connectivity index (χ0) is 21.1. The van der Waals surface area contributed by atoms with Gasteiger partial charge in [0.2, 0.25) is 0 Å². The number of benzene rings is 3. The SMILES string of the molecule is COc1ccc([C@@H]2CC(c3ccc(Br)cc3)=NN2C(=O)c2ccccc2)cc1OC. The van der Waals surface area contributed by atoms with Crippen LogP contribution < -0.4 is 9.47 Å². The molecule has 1 aliphatic heterocycles. The molecule has 1 aliphatic rings. The second-order valence-electron chi connectivity index (χ2n) is 6.90. The fraction of sp³-hybridized carbons (Fsp3) is 0.167. The summed E-state index contributed by atoms with van der Waals surface area (Å²) in [5, 5.41) is 6.31. The van der Waals surface area contributed by atoms with Gasteiger partial charge in [0.05, 0.1) is 26.0 Å². The molecule has 0 saturated carbocycles. The Hall–Kier alpha value is -3.12. The minimum atomic E-state index is -0.240. The molecule has 4 rings (SSSR count). The van der Waals surface area contributed by atoms with Gasteiger partial charge in [0, 0.05) is 16.5 Å². The minimum absolute atomic E-state index is 0.137. The summed E-state index contributed by atoms with van der Waals surface area (Å²) in [7, 11) is 3.21. The molecule has 0 aliphatic carbocycles. The van der Waals surface area contributed by atoms with Gasteiger partial charge in [0.15, 0.2) is 11.5 Å². The van der Waals surface area contributed by atoms with Gasteiger partial charge < -0.3 is 9.47 Å². The lowest BCUT2D eigenvalue weighted by molar-refractivity contribution is 0.0711. The Bertz CT molecular complexity index is 1080. The predicted molar refractivity (Wildman–Crippen MR) is 120 cm³/mol. The van der Waals surface area contributed by atoms with Gasteiger partial charge in [-0.25, -0.2) is 5.01 Å². The van der Waals surface area contributed by atoms with Crippen molar-refractivity contribution < 1.29 is 14.3 Å². The Morgan fingerprint density at radius 1 is 0.967 bits per heavy atom. The summed E-state index contributed by atoms with van der Waals surface area (Å²) in [6.07, 6.45) is 0.607. The number of halogens is 1. The minimum Gasteiger partial charge on any atom is -0.493 e. The van der Waals surface area contributed by atoms with Crippen LogP contribution in [0.25, 0.3) is 0 Å². The number of nitrogens with zero attached hydrogens (tertiary/aromatic N) is 2. The summed E-state index contributed by atoms with van der Waals surface area (Å²) in [5.74, 6) is 1.14. The molecule has 0 radical (unpaired) electrons. The van der Waals surface area contributed by atoms with E-state index >= 15 is 0 Å². The maximum absolute atomic E-state index is 13.3. The monoisotopic (exact) mass is 464 g/mol. The van der Waals surface area contributed by atoms with Crippen LogP contribution in [0.15, 0.2) is 82.4 Å². The number of ether oxygens (including phenoxy) is 2. The normalized spacial score (nSPS) is 15.6. The number of hydrogen-bond donors (Lipinski definition) is 0. The predicted octanol–water partition coefficient (Wildman–Crippen LogP) is 5.46. The third-order valence-corrected chi connectivity index (χ3v) is 5.64. The van der Waals surface area contributed by atoms with Gasteiger partial charge in [-0.1, -0.05) is 52.3 Å². The van der Waals surface area contributed by atoms with E-state index in [4.69, 9.17) is 14.6 Å². The van der Waals surface area contributed by atoms with Crippen molar-refractivity contribution in [1.29, 1.82) is 0 Å². The van der Waals surface area contributed by atoms with E-state index in [1.807, 2.05) is 60.7 Å². The van der Waals surface area contributed by atoms with Crippen LogP contribution in [0.4, 0.5) is 0 Å². The molecule has 0 aromatic heterocycles. The quantitative estimate of drug-likeness (QED) is 0.503. The van der Waals surface area contributed by atoms with Crippen LogP contribution in [0.3, 0.4) is 0 Å². The van der Waals surface area contributed by atoms with Gasteiger partial charge in [0.25, 0.3) is 5.91 Å². The summed E-state index contributed by atoms with van der Waals surface area (Å²) in [6, 6.07) is 22.7. The van der Waals surface area contributed by atoms with Crippen molar-refractivity contribution in [1.82, 2.24) is 5.01 Å². The summed E-state index contributed by atoms with van der Waals surface area (Å²) in [4.78, 5) is 13.3. The molecule has 0 fully saturated rings. The van der Waals surface area contributed by atoms with Crippen LogP contribution in [-0.4, -0.2) is 30.8 Å². The van der Waals surface area contributed by atoms with E-state index in [9.17, 15) is 4.79 Å². The van der Waals surface area contributed by atoms with E-state index in [1.54, 1.807) is 31.4 Å². The zero-order valence-electron chi connectivity index (χ0n) is 16.7. The van der Waals surface area contributed by atoms with Gasteiger partial charge in [-0.3, -0.25) is 4.79 Å². The number of hydrogen-bond acceptors (Lipinski definition) is 4. The fourth-order valence-electron chi connectivity index (χ4n) is 3.55. The molecule has 0 saturated heterocycles. The van der Waals surface area contributed by atoms with Crippen LogP contribution in [0, 0.1) is 0 Å². The second kappa shape index (κ2) is 8.71. The van der Waals surface area contributed by atoms with E-state index in [1.165, 1.54) is 0 Å². The molecule has 3 aromatic rings. The average Bonchev–Trinajstić information content (AvgIpc) is 3.24. The lowest BCUT2D eigenvalue weighted by atomic mass is 9.97. The van der Waals surface area contributed by atoms with E-state index in [0.29, 0.717) is 23.5 Å². The highest BCUT2D eigenvalue weighted by Crippen LogP contribution is 2.38. The smallest absolute Gasteiger partial charge is 0.274 e. The van der Waals surface area contributed by atoms with Crippen molar-refractivity contribution in [3.05, 3.63) is 94.0 Å². The first-order valence-corrected chi connectivity index (χ1v) is 10.3. The fourth-order valence-corrected chi connectivity index (χ4v) is 3.81. The third-order valence-electron chi connectivity index (χ3n) is 5.11. The molecule has 1 atom stereocenters. The van der Waals surface area contributed by atoms with Crippen molar-refractivity contribution in [3.8, 4) is 11.5 Å². The highest BCUT2D eigenvalue weighted by Gasteiger charge is 2.34. The number of hydrazone groups is 1. The molecule has 6 heteroatoms. The van der Waals surface area contributed by atoms with Gasteiger partial charge in [-0.15, -0.1) is 0 Å². The molecule has 0 unspecified atom stereocenters. The van der Waals surface area contributed by atoms with Gasteiger partial charge >= 0.3 is 0 Å². The molecule has 5 nitrogen and oxygen atoms in total. The van der Waals surface area contributed by atoms with Crippen LogP contribution in [0.5, 0.6) is 11.5 Å². The summed E-state index contributed by atoms with van der Waals surface area (Å²) in [6.45, 7) is 0. The zero-order valence-corrected chi connectivity index (χ0v) is 18.3. The molecule has 0 N–H and O–H groups in total. The number of methoxy groups -OCH3 is 2. The first-order valence-electron chi connectivity index (χ1n) is 9.54. The van der Waals surface area contributed by atoms with Gasteiger partial charge in [0.1, 0.15) is 0 Å². The summed E-state index contributed by atoms with van der Waals surface area (Å²) >= 11 is 3.47. The first kappa shape index (κ1) is 20.2. The lowest BCUT2D eigenvalue weighted by Gasteiger charge is -2.23. The third kappa shape index (κ3) is 3.96. The van der Waals surface area contributed by atoms with Crippen molar-refractivity contribution in [2.45, 2.75) is 12.5 Å². The Morgan fingerprint density at radius 3 is 2.33 bits per heavy atom. The molecule has 1 amide bonds. The number of carbonyl (C=O) groups excluding carboxylic acids is 1. The molecule has 0 bridgehead atoms. The Balaban J connectivity index is 1.74. The van der Waals surface area contributed by atoms with E-state index in [-0.39, 0.29) is 11.9 Å². The number of rotatable bonds is 5. The van der Waals surface area contributed by atoms with Crippen molar-refractivity contribution in [2.75, 3.05) is 14.2 Å². The van der Waals surface area contributed by atoms with Crippen LogP contribution in [-0.2, 0) is 0 Å². The Morgan fingerprint density at radius 2 is 1.67 bits per heavy atom. The molecule has 0 spiro atoms. The van der Waals surface area contributed by atoms with Crippen LogP contribution in [0.1, 0.15) is 33.9 Å². The average molecular weight is 465 g/mol. The molecule has 30 heavy (non-hydrogen) atoms. The van der Waals surface area contributed by atoms with E-state index in [2.05, 4.69) is 15.9 Å². The molecular weight excluding hydrogens is 444 g/mol. The Kier molecular flexibility index (Phi) is 5.86. The van der Waals surface area contributed by atoms with Crippen molar-refractivity contribution >= 4 is 27.5 Å². The van der Waals surface area contributed by atoms with Crippen LogP contribution in [0.2, 0.25) is 0 Å². The van der Waals surface area contributed by atoms with Crippen LogP contribution >= 0.6 is 15.9 Å². The van der Waals surface area contributed by atoms with Gasteiger partial charge in [-0.2, -0.15) is 5.10 Å². The topological polar surface area (TPSA) is 51.1 Å². The molecule has 1 heterocycles. The van der Waals surface area contributed by atoms with Crippen molar-refractivity contribution in [3.63, 3.8) is 0 Å².